The average Bonchev–Trinajstić information content (AvgIpc) is 3.28. The number of anilines is 1. The highest BCUT2D eigenvalue weighted by atomic mass is 32.1. The maximum atomic E-state index is 14.2. The van der Waals surface area contributed by atoms with Crippen LogP contribution in [0.3, 0.4) is 0 Å². The summed E-state index contributed by atoms with van der Waals surface area (Å²) < 4.78 is 26.0. The quantitative estimate of drug-likeness (QED) is 0.688. The predicted octanol–water partition coefficient (Wildman–Crippen LogP) is 2.35. The summed E-state index contributed by atoms with van der Waals surface area (Å²) in [7, 11) is 4.12. The van der Waals surface area contributed by atoms with Crippen molar-refractivity contribution in [3.63, 3.8) is 0 Å². The van der Waals surface area contributed by atoms with E-state index in [4.69, 9.17) is 9.47 Å². The number of carbonyl (C=O) groups is 1. The van der Waals surface area contributed by atoms with Crippen molar-refractivity contribution >= 4 is 32.6 Å². The molecule has 1 N–H and O–H groups in total. The normalized spacial score (nSPS) is 12.7. The van der Waals surface area contributed by atoms with Gasteiger partial charge in [-0.1, -0.05) is 23.5 Å². The lowest BCUT2D eigenvalue weighted by Crippen LogP contribution is -3.05. The summed E-state index contributed by atoms with van der Waals surface area (Å²) in [6, 6.07) is 9.72. The highest BCUT2D eigenvalue weighted by Gasteiger charge is 2.25. The number of benzene rings is 2. The summed E-state index contributed by atoms with van der Waals surface area (Å²) >= 11 is 1.39. The molecule has 0 saturated heterocycles. The number of hydrogen-bond donors (Lipinski definition) is 1. The largest absolute Gasteiger partial charge is 0.454 e. The number of quaternary nitrogens is 1. The van der Waals surface area contributed by atoms with Crippen molar-refractivity contribution in [2.45, 2.75) is 6.42 Å². The van der Waals surface area contributed by atoms with E-state index in [0.717, 1.165) is 23.2 Å². The molecule has 8 heteroatoms. The van der Waals surface area contributed by atoms with E-state index in [1.165, 1.54) is 28.4 Å². The maximum Gasteiger partial charge on any atom is 0.263 e. The number of nitrogens with one attached hydrogen (secondary N) is 1. The standard InChI is InChI=1S/C20H20FN3O3S/c1-23(2)8-5-9-24(19(25)13-6-3-4-7-14(13)21)20-22-15-10-16-17(27-12-26-16)11-18(15)28-20/h3-4,6-7,10-11H,5,8-9,12H2,1-2H3/p+1. The van der Waals surface area contributed by atoms with Crippen LogP contribution >= 0.6 is 11.3 Å². The van der Waals surface area contributed by atoms with Crippen LogP contribution < -0.4 is 19.3 Å². The summed E-state index contributed by atoms with van der Waals surface area (Å²) in [5, 5.41) is 0.542. The Labute approximate surface area is 166 Å². The molecule has 6 nitrogen and oxygen atoms in total. The minimum Gasteiger partial charge on any atom is -0.454 e. The molecular formula is C20H21FN3O3S+. The molecule has 0 fully saturated rings. The zero-order valence-corrected chi connectivity index (χ0v) is 16.5. The van der Waals surface area contributed by atoms with Gasteiger partial charge < -0.3 is 14.4 Å². The van der Waals surface area contributed by atoms with Gasteiger partial charge in [-0.3, -0.25) is 9.69 Å². The number of rotatable bonds is 6. The molecule has 0 bridgehead atoms. The third-order valence-electron chi connectivity index (χ3n) is 4.51. The van der Waals surface area contributed by atoms with E-state index in [0.29, 0.717) is 23.2 Å². The number of amides is 1. The molecule has 2 aromatic carbocycles. The summed E-state index contributed by atoms with van der Waals surface area (Å²) in [5.41, 5.74) is 0.780. The zero-order valence-electron chi connectivity index (χ0n) is 15.7. The van der Waals surface area contributed by atoms with Gasteiger partial charge in [-0.25, -0.2) is 9.37 Å². The van der Waals surface area contributed by atoms with Crippen molar-refractivity contribution in [1.29, 1.82) is 0 Å². The lowest BCUT2D eigenvalue weighted by atomic mass is 10.2. The van der Waals surface area contributed by atoms with E-state index in [9.17, 15) is 9.18 Å². The van der Waals surface area contributed by atoms with Crippen molar-refractivity contribution < 1.29 is 23.6 Å². The van der Waals surface area contributed by atoms with Gasteiger partial charge in [0.15, 0.2) is 16.6 Å². The van der Waals surface area contributed by atoms with Gasteiger partial charge in [0.1, 0.15) is 5.82 Å². The Morgan fingerprint density at radius 2 is 2.00 bits per heavy atom. The van der Waals surface area contributed by atoms with E-state index in [2.05, 4.69) is 19.1 Å². The molecule has 0 spiro atoms. The van der Waals surface area contributed by atoms with Crippen molar-refractivity contribution in [3.05, 3.63) is 47.8 Å². The van der Waals surface area contributed by atoms with Crippen LogP contribution in [0.1, 0.15) is 16.8 Å². The zero-order chi connectivity index (χ0) is 19.7. The Morgan fingerprint density at radius 3 is 2.75 bits per heavy atom. The highest BCUT2D eigenvalue weighted by Crippen LogP contribution is 2.40. The number of nitrogens with zero attached hydrogens (tertiary/aromatic N) is 2. The fraction of sp³-hybridized carbons (Fsp3) is 0.300. The third-order valence-corrected chi connectivity index (χ3v) is 5.55. The number of carbonyl (C=O) groups excluding carboxylic acids is 1. The average molecular weight is 402 g/mol. The smallest absolute Gasteiger partial charge is 0.263 e. The Morgan fingerprint density at radius 1 is 1.25 bits per heavy atom. The van der Waals surface area contributed by atoms with Crippen LogP contribution in [0, 0.1) is 5.82 Å². The third kappa shape index (κ3) is 3.65. The lowest BCUT2D eigenvalue weighted by molar-refractivity contribution is -0.858. The van der Waals surface area contributed by atoms with Gasteiger partial charge in [0, 0.05) is 25.1 Å². The number of fused-ring (bicyclic) bond motifs is 2. The highest BCUT2D eigenvalue weighted by molar-refractivity contribution is 7.22. The first-order chi connectivity index (χ1) is 13.5. The molecular weight excluding hydrogens is 381 g/mol. The first kappa shape index (κ1) is 18.6. The van der Waals surface area contributed by atoms with E-state index >= 15 is 0 Å². The number of hydrogen-bond acceptors (Lipinski definition) is 5. The van der Waals surface area contributed by atoms with E-state index < -0.39 is 5.82 Å². The molecule has 2 heterocycles. The minimum atomic E-state index is -0.530. The van der Waals surface area contributed by atoms with Crippen LogP contribution in [-0.4, -0.2) is 44.9 Å². The van der Waals surface area contributed by atoms with Gasteiger partial charge in [-0.2, -0.15) is 0 Å². The van der Waals surface area contributed by atoms with Gasteiger partial charge in [0.2, 0.25) is 6.79 Å². The topological polar surface area (TPSA) is 56.1 Å². The van der Waals surface area contributed by atoms with E-state index in [-0.39, 0.29) is 18.3 Å². The van der Waals surface area contributed by atoms with Gasteiger partial charge in [-0.05, 0) is 12.1 Å². The van der Waals surface area contributed by atoms with Crippen molar-refractivity contribution in [3.8, 4) is 11.5 Å². The molecule has 146 valence electrons. The van der Waals surface area contributed by atoms with Crippen LogP contribution in [0.25, 0.3) is 10.2 Å². The number of ether oxygens (including phenoxy) is 2. The second kappa shape index (κ2) is 7.73. The summed E-state index contributed by atoms with van der Waals surface area (Å²) in [6.45, 7) is 1.55. The molecule has 28 heavy (non-hydrogen) atoms. The van der Waals surface area contributed by atoms with Crippen LogP contribution in [-0.2, 0) is 0 Å². The molecule has 0 radical (unpaired) electrons. The van der Waals surface area contributed by atoms with Gasteiger partial charge in [0.05, 0.1) is 36.4 Å². The van der Waals surface area contributed by atoms with Crippen molar-refractivity contribution in [2.24, 2.45) is 0 Å². The molecule has 1 aliphatic heterocycles. The SMILES string of the molecule is C[NH+](C)CCCN(C(=O)c1ccccc1F)c1nc2cc3c(cc2s1)OCO3. The fourth-order valence-electron chi connectivity index (χ4n) is 3.08. The molecule has 1 amide bonds. The Bertz CT molecular complexity index is 980. The molecule has 0 atom stereocenters. The Hall–Kier alpha value is -2.71. The number of aromatic nitrogens is 1. The van der Waals surface area contributed by atoms with Crippen LogP contribution in [0.2, 0.25) is 0 Å². The predicted molar refractivity (Wildman–Crippen MR) is 106 cm³/mol. The lowest BCUT2D eigenvalue weighted by Gasteiger charge is -2.20. The molecule has 4 rings (SSSR count). The second-order valence-electron chi connectivity index (χ2n) is 6.92. The fourth-order valence-corrected chi connectivity index (χ4v) is 4.08. The van der Waals surface area contributed by atoms with Crippen molar-refractivity contribution in [1.82, 2.24) is 4.98 Å². The first-order valence-electron chi connectivity index (χ1n) is 9.08. The van der Waals surface area contributed by atoms with Crippen LogP contribution in [0.4, 0.5) is 9.52 Å². The van der Waals surface area contributed by atoms with Gasteiger partial charge in [-0.15, -0.1) is 0 Å². The van der Waals surface area contributed by atoms with Crippen molar-refractivity contribution in [2.75, 3.05) is 38.9 Å². The summed E-state index contributed by atoms with van der Waals surface area (Å²) in [5.74, 6) is 0.405. The molecule has 1 aliphatic rings. The summed E-state index contributed by atoms with van der Waals surface area (Å²) in [6.07, 6.45) is 0.779. The Kier molecular flexibility index (Phi) is 5.15. The maximum absolute atomic E-state index is 14.2. The first-order valence-corrected chi connectivity index (χ1v) is 9.90. The molecule has 0 saturated carbocycles. The van der Waals surface area contributed by atoms with Crippen LogP contribution in [0.5, 0.6) is 11.5 Å². The summed E-state index contributed by atoms with van der Waals surface area (Å²) in [4.78, 5) is 20.6. The second-order valence-corrected chi connectivity index (χ2v) is 7.93. The van der Waals surface area contributed by atoms with Crippen LogP contribution in [0.15, 0.2) is 36.4 Å². The monoisotopic (exact) mass is 402 g/mol. The van der Waals surface area contributed by atoms with E-state index in [1.54, 1.807) is 17.0 Å². The Balaban J connectivity index is 1.69. The van der Waals surface area contributed by atoms with Gasteiger partial charge >= 0.3 is 0 Å². The molecule has 0 unspecified atom stereocenters. The number of thiazole rings is 1. The minimum absolute atomic E-state index is 0.0492. The molecule has 0 aliphatic carbocycles. The van der Waals surface area contributed by atoms with Gasteiger partial charge in [0.25, 0.3) is 5.91 Å². The molecule has 3 aromatic rings. The molecule has 1 aromatic heterocycles. The van der Waals surface area contributed by atoms with E-state index in [1.807, 2.05) is 12.1 Å². The number of halogens is 1.